The second-order valence-corrected chi connectivity index (χ2v) is 28.5. The van der Waals surface area contributed by atoms with E-state index < -0.39 is 74.2 Å². The summed E-state index contributed by atoms with van der Waals surface area (Å²) in [4.78, 5) is 13.3. The first-order chi connectivity index (χ1) is 44.7. The second kappa shape index (κ2) is 68.5. The maximum Gasteiger partial charge on any atom is 0.249 e. The number of amides is 1. The van der Waals surface area contributed by atoms with Gasteiger partial charge < -0.3 is 50.5 Å². The van der Waals surface area contributed by atoms with Gasteiger partial charge in [-0.25, -0.2) is 0 Å². The van der Waals surface area contributed by atoms with Crippen LogP contribution in [0, 0.1) is 0 Å². The number of hydrogen-bond donors (Lipinski definition) is 8. The van der Waals surface area contributed by atoms with Crippen molar-refractivity contribution in [3.63, 3.8) is 0 Å². The summed E-state index contributed by atoms with van der Waals surface area (Å²) in [6, 6.07) is -1.19. The summed E-state index contributed by atoms with van der Waals surface area (Å²) in [7, 11) is 0. The van der Waals surface area contributed by atoms with E-state index in [9.17, 15) is 40.5 Å². The van der Waals surface area contributed by atoms with Gasteiger partial charge >= 0.3 is 0 Å². The molecule has 1 fully saturated rings. The largest absolute Gasteiger partial charge is 0.394 e. The van der Waals surface area contributed by atoms with E-state index in [1.54, 1.807) is 0 Å². The Kier molecular flexibility index (Phi) is 66.0. The predicted molar refractivity (Wildman–Crippen MR) is 386 cm³/mol. The minimum atomic E-state index is -1.67. The lowest BCUT2D eigenvalue weighted by molar-refractivity contribution is -0.303. The lowest BCUT2D eigenvalue weighted by Gasteiger charge is -2.40. The minimum Gasteiger partial charge on any atom is -0.394 e. The van der Waals surface area contributed by atoms with Crippen molar-refractivity contribution in [3.05, 3.63) is 24.3 Å². The Balaban J connectivity index is 2.12. The number of carbonyl (C=O) groups is 1. The molecule has 0 aliphatic carbocycles. The van der Waals surface area contributed by atoms with Gasteiger partial charge in [-0.05, 0) is 64.2 Å². The fraction of sp³-hybridized carbons (Fsp3) is 0.938. The van der Waals surface area contributed by atoms with E-state index in [4.69, 9.17) is 9.47 Å². The van der Waals surface area contributed by atoms with E-state index >= 15 is 0 Å². The van der Waals surface area contributed by atoms with Gasteiger partial charge in [-0.15, -0.1) is 0 Å². The summed E-state index contributed by atoms with van der Waals surface area (Å²) in [5.74, 6) is -0.698. The van der Waals surface area contributed by atoms with E-state index in [2.05, 4.69) is 43.5 Å². The molecule has 0 aromatic heterocycles. The number of aliphatic hydroxyl groups is 7. The fourth-order valence-electron chi connectivity index (χ4n) is 13.3. The highest BCUT2D eigenvalue weighted by molar-refractivity contribution is 5.80. The molecule has 0 aromatic carbocycles. The summed E-state index contributed by atoms with van der Waals surface area (Å²) in [5.41, 5.74) is 0. The van der Waals surface area contributed by atoms with Crippen LogP contribution in [0.15, 0.2) is 24.3 Å². The third-order valence-electron chi connectivity index (χ3n) is 19.7. The van der Waals surface area contributed by atoms with Crippen molar-refractivity contribution in [1.82, 2.24) is 5.32 Å². The summed E-state index contributed by atoms with van der Waals surface area (Å²) >= 11 is 0. The quantitative estimate of drug-likeness (QED) is 0.0215. The standard InChI is InChI=1S/C80H155NO10/c1-3-5-7-9-11-13-15-17-19-21-23-25-27-29-31-32-33-34-35-36-37-38-39-40-41-42-44-46-48-50-52-54-56-58-60-62-64-66-68-73(84)79(89)81-71(70-90-80-78(88)77(87)76(86)74(69-82)91-80)75(85)72(83)67-65-63-61-59-57-55-53-51-49-47-45-43-30-28-26-24-22-20-18-16-14-12-10-8-6-4-2/h36-37,59,61,71-78,80,82-88H,3-35,38-58,60,62-70H2,1-2H3,(H,81,89)/b37-36-,61-59+. The van der Waals surface area contributed by atoms with Crippen LogP contribution in [0.1, 0.15) is 412 Å². The maximum absolute atomic E-state index is 13.3. The average Bonchev–Trinajstić information content (AvgIpc) is 1.21. The van der Waals surface area contributed by atoms with Crippen molar-refractivity contribution in [2.24, 2.45) is 0 Å². The molecule has 9 unspecified atom stereocenters. The van der Waals surface area contributed by atoms with E-state index in [1.165, 1.54) is 334 Å². The zero-order valence-corrected chi connectivity index (χ0v) is 60.1. The highest BCUT2D eigenvalue weighted by Crippen LogP contribution is 2.24. The first-order valence-corrected chi connectivity index (χ1v) is 40.2. The number of allylic oxidation sites excluding steroid dienone is 4. The molecule has 1 amide bonds. The summed E-state index contributed by atoms with van der Waals surface area (Å²) in [5, 5.41) is 76.7. The van der Waals surface area contributed by atoms with E-state index in [-0.39, 0.29) is 12.8 Å². The van der Waals surface area contributed by atoms with Crippen molar-refractivity contribution in [2.45, 2.75) is 467 Å². The predicted octanol–water partition coefficient (Wildman–Crippen LogP) is 20.7. The number of hydrogen-bond acceptors (Lipinski definition) is 10. The first-order valence-electron chi connectivity index (χ1n) is 40.2. The van der Waals surface area contributed by atoms with Crippen LogP contribution in [-0.4, -0.2) is 110 Å². The molecule has 1 rings (SSSR count). The SMILES string of the molecule is CCCCCCCCCCCCCCCCCCCC/C=C\CCCCCCCCCCCCCCCCCCC(O)C(=O)NC(COC1OC(CO)C(O)C(O)C1O)C(O)C(O)CCC/C=C/CCCCCCCCCCCCCCCCCCCCCCC. The zero-order chi connectivity index (χ0) is 66.0. The molecule has 8 N–H and O–H groups in total. The van der Waals surface area contributed by atoms with Crippen molar-refractivity contribution < 1.29 is 50.0 Å². The molecular formula is C80H155NO10. The van der Waals surface area contributed by atoms with Crippen LogP contribution in [0.5, 0.6) is 0 Å². The Morgan fingerprint density at radius 3 is 0.945 bits per heavy atom. The second-order valence-electron chi connectivity index (χ2n) is 28.5. The van der Waals surface area contributed by atoms with Crippen LogP contribution in [0.4, 0.5) is 0 Å². The fourth-order valence-corrected chi connectivity index (χ4v) is 13.3. The molecule has 0 bridgehead atoms. The molecule has 91 heavy (non-hydrogen) atoms. The molecule has 9 atom stereocenters. The highest BCUT2D eigenvalue weighted by atomic mass is 16.7. The Morgan fingerprint density at radius 2 is 0.648 bits per heavy atom. The van der Waals surface area contributed by atoms with Crippen LogP contribution < -0.4 is 5.32 Å². The summed E-state index contributed by atoms with van der Waals surface area (Å²) < 4.78 is 11.2. The Bertz CT molecular complexity index is 1530. The average molecular weight is 1290 g/mol. The number of aliphatic hydroxyl groups excluding tert-OH is 7. The molecule has 0 aromatic rings. The van der Waals surface area contributed by atoms with Gasteiger partial charge in [-0.1, -0.05) is 372 Å². The van der Waals surface area contributed by atoms with Gasteiger partial charge in [-0.2, -0.15) is 0 Å². The molecule has 1 aliphatic heterocycles. The topological polar surface area (TPSA) is 189 Å². The van der Waals surface area contributed by atoms with Crippen molar-refractivity contribution in [2.75, 3.05) is 13.2 Å². The Hall–Kier alpha value is -1.41. The van der Waals surface area contributed by atoms with Gasteiger partial charge in [0.15, 0.2) is 6.29 Å². The van der Waals surface area contributed by atoms with Crippen LogP contribution in [0.25, 0.3) is 0 Å². The van der Waals surface area contributed by atoms with Gasteiger partial charge in [0.2, 0.25) is 5.91 Å². The third kappa shape index (κ3) is 55.3. The molecule has 1 saturated heterocycles. The molecule has 1 heterocycles. The number of carbonyl (C=O) groups excluding carboxylic acids is 1. The lowest BCUT2D eigenvalue weighted by Crippen LogP contribution is -2.60. The molecule has 11 nitrogen and oxygen atoms in total. The number of unbranched alkanes of at least 4 members (excludes halogenated alkanes) is 56. The molecular weight excluding hydrogens is 1130 g/mol. The molecule has 540 valence electrons. The van der Waals surface area contributed by atoms with Gasteiger partial charge in [0, 0.05) is 0 Å². The normalized spacial score (nSPS) is 18.5. The molecule has 0 saturated carbocycles. The van der Waals surface area contributed by atoms with Crippen molar-refractivity contribution >= 4 is 5.91 Å². The highest BCUT2D eigenvalue weighted by Gasteiger charge is 2.44. The summed E-state index contributed by atoms with van der Waals surface area (Å²) in [6.45, 7) is 3.52. The Morgan fingerprint density at radius 1 is 0.374 bits per heavy atom. The van der Waals surface area contributed by atoms with Gasteiger partial charge in [0.25, 0.3) is 0 Å². The van der Waals surface area contributed by atoms with Crippen LogP contribution in [0.2, 0.25) is 0 Å². The number of nitrogens with one attached hydrogen (secondary N) is 1. The van der Waals surface area contributed by atoms with Crippen LogP contribution in [-0.2, 0) is 14.3 Å². The smallest absolute Gasteiger partial charge is 0.249 e. The van der Waals surface area contributed by atoms with Crippen LogP contribution >= 0.6 is 0 Å². The van der Waals surface area contributed by atoms with Gasteiger partial charge in [0.05, 0.1) is 25.4 Å². The third-order valence-corrected chi connectivity index (χ3v) is 19.7. The minimum absolute atomic E-state index is 0.258. The monoisotopic (exact) mass is 1290 g/mol. The van der Waals surface area contributed by atoms with Crippen LogP contribution in [0.3, 0.4) is 0 Å². The van der Waals surface area contributed by atoms with Crippen molar-refractivity contribution in [3.8, 4) is 0 Å². The molecule has 1 aliphatic rings. The van der Waals surface area contributed by atoms with Crippen molar-refractivity contribution in [1.29, 1.82) is 0 Å². The van der Waals surface area contributed by atoms with E-state index in [1.807, 2.05) is 0 Å². The zero-order valence-electron chi connectivity index (χ0n) is 60.1. The first kappa shape index (κ1) is 87.6. The number of ether oxygens (including phenoxy) is 2. The molecule has 0 radical (unpaired) electrons. The molecule has 11 heteroatoms. The Labute approximate surface area is 563 Å². The lowest BCUT2D eigenvalue weighted by atomic mass is 9.98. The summed E-state index contributed by atoms with van der Waals surface area (Å²) in [6.07, 6.45) is 77.4. The molecule has 0 spiro atoms. The van der Waals surface area contributed by atoms with Gasteiger partial charge in [-0.3, -0.25) is 4.79 Å². The van der Waals surface area contributed by atoms with E-state index in [0.717, 1.165) is 38.5 Å². The van der Waals surface area contributed by atoms with E-state index in [0.29, 0.717) is 12.8 Å². The number of rotatable bonds is 72. The van der Waals surface area contributed by atoms with Gasteiger partial charge in [0.1, 0.15) is 36.6 Å². The maximum atomic E-state index is 13.3.